The van der Waals surface area contributed by atoms with Gasteiger partial charge in [0.25, 0.3) is 5.56 Å². The topological polar surface area (TPSA) is 112 Å². The van der Waals surface area contributed by atoms with E-state index in [1.165, 1.54) is 18.2 Å². The zero-order valence-corrected chi connectivity index (χ0v) is 15.8. The van der Waals surface area contributed by atoms with E-state index in [-0.39, 0.29) is 29.6 Å². The van der Waals surface area contributed by atoms with Crippen LogP contribution < -0.4 is 10.9 Å². The Kier molecular flexibility index (Phi) is 6.80. The molecule has 0 aliphatic carbocycles. The van der Waals surface area contributed by atoms with Crippen molar-refractivity contribution in [3.63, 3.8) is 0 Å². The Morgan fingerprint density at radius 2 is 2.03 bits per heavy atom. The predicted octanol–water partition coefficient (Wildman–Crippen LogP) is 1.64. The van der Waals surface area contributed by atoms with Crippen molar-refractivity contribution in [3.05, 3.63) is 64.3 Å². The monoisotopic (exact) mass is 401 g/mol. The quantitative estimate of drug-likeness (QED) is 0.543. The summed E-state index contributed by atoms with van der Waals surface area (Å²) in [5.41, 5.74) is 0.767. The zero-order valence-electron chi connectivity index (χ0n) is 15.8. The molecule has 0 saturated heterocycles. The first-order valence-corrected chi connectivity index (χ1v) is 9.09. The minimum atomic E-state index is -0.499. The van der Waals surface area contributed by atoms with Crippen LogP contribution in [0.25, 0.3) is 11.3 Å². The molecule has 152 valence electrons. The summed E-state index contributed by atoms with van der Waals surface area (Å²) in [5, 5.41) is 10.6. The molecule has 1 N–H and O–H groups in total. The van der Waals surface area contributed by atoms with Crippen LogP contribution in [0.2, 0.25) is 0 Å². The van der Waals surface area contributed by atoms with Crippen molar-refractivity contribution in [1.29, 1.82) is 0 Å². The molecule has 1 amide bonds. The summed E-state index contributed by atoms with van der Waals surface area (Å²) in [6, 6.07) is 8.64. The van der Waals surface area contributed by atoms with E-state index in [2.05, 4.69) is 20.6 Å². The van der Waals surface area contributed by atoms with E-state index in [0.29, 0.717) is 37.4 Å². The van der Waals surface area contributed by atoms with Gasteiger partial charge >= 0.3 is 11.8 Å². The van der Waals surface area contributed by atoms with Gasteiger partial charge in [-0.2, -0.15) is 10.1 Å². The van der Waals surface area contributed by atoms with Gasteiger partial charge in [0.05, 0.1) is 5.69 Å². The summed E-state index contributed by atoms with van der Waals surface area (Å²) in [4.78, 5) is 28.1. The fraction of sp³-hybridized carbons (Fsp3) is 0.316. The van der Waals surface area contributed by atoms with Crippen LogP contribution >= 0.6 is 0 Å². The fourth-order valence-electron chi connectivity index (χ4n) is 2.48. The van der Waals surface area contributed by atoms with Crippen LogP contribution in [0.15, 0.2) is 45.7 Å². The molecular formula is C19H20FN5O4. The first-order chi connectivity index (χ1) is 14.1. The first-order valence-electron chi connectivity index (χ1n) is 9.09. The van der Waals surface area contributed by atoms with Gasteiger partial charge in [-0.15, -0.1) is 0 Å². The largest absolute Gasteiger partial charge is 0.382 e. The molecule has 0 radical (unpaired) electrons. The molecule has 0 bridgehead atoms. The van der Waals surface area contributed by atoms with Crippen LogP contribution in [0.4, 0.5) is 4.39 Å². The van der Waals surface area contributed by atoms with Crippen molar-refractivity contribution in [1.82, 2.24) is 25.2 Å². The van der Waals surface area contributed by atoms with E-state index >= 15 is 0 Å². The maximum Gasteiger partial charge on any atom is 0.316 e. The summed E-state index contributed by atoms with van der Waals surface area (Å²) >= 11 is 0. The first kappa shape index (κ1) is 20.3. The summed E-state index contributed by atoms with van der Waals surface area (Å²) in [7, 11) is 0. The number of rotatable bonds is 9. The maximum absolute atomic E-state index is 13.1. The van der Waals surface area contributed by atoms with Crippen LogP contribution in [-0.4, -0.2) is 45.6 Å². The Labute approximate surface area is 165 Å². The molecular weight excluding hydrogens is 381 g/mol. The Bertz CT molecular complexity index is 1020. The third kappa shape index (κ3) is 5.55. The highest BCUT2D eigenvalue weighted by atomic mass is 19.1. The van der Waals surface area contributed by atoms with Gasteiger partial charge in [-0.3, -0.25) is 9.59 Å². The summed E-state index contributed by atoms with van der Waals surface area (Å²) in [6.07, 6.45) is 0.663. The Hall–Kier alpha value is -3.40. The molecule has 3 rings (SSSR count). The number of nitrogens with zero attached hydrogens (tertiary/aromatic N) is 4. The van der Waals surface area contributed by atoms with E-state index in [1.807, 2.05) is 6.92 Å². The number of benzene rings is 1. The van der Waals surface area contributed by atoms with Crippen LogP contribution in [0.1, 0.15) is 29.9 Å². The number of hydrogen-bond acceptors (Lipinski definition) is 7. The van der Waals surface area contributed by atoms with Crippen molar-refractivity contribution in [3.8, 4) is 11.3 Å². The van der Waals surface area contributed by atoms with Crippen molar-refractivity contribution in [2.45, 2.75) is 19.9 Å². The number of ether oxygens (including phenoxy) is 1. The Balaban J connectivity index is 1.66. The van der Waals surface area contributed by atoms with Crippen LogP contribution in [0.5, 0.6) is 0 Å². The predicted molar refractivity (Wildman–Crippen MR) is 101 cm³/mol. The molecule has 0 atom stereocenters. The molecule has 1 aromatic carbocycles. The molecule has 3 aromatic rings. The minimum absolute atomic E-state index is 0.0744. The highest BCUT2D eigenvalue weighted by Crippen LogP contribution is 2.15. The van der Waals surface area contributed by atoms with E-state index in [1.54, 1.807) is 18.2 Å². The molecule has 2 heterocycles. The molecule has 29 heavy (non-hydrogen) atoms. The number of carbonyl (C=O) groups excluding carboxylic acids is 1. The minimum Gasteiger partial charge on any atom is -0.382 e. The van der Waals surface area contributed by atoms with Gasteiger partial charge < -0.3 is 14.6 Å². The van der Waals surface area contributed by atoms with Crippen molar-refractivity contribution in [2.24, 2.45) is 0 Å². The van der Waals surface area contributed by atoms with Crippen molar-refractivity contribution in [2.75, 3.05) is 19.8 Å². The van der Waals surface area contributed by atoms with Gasteiger partial charge in [0.2, 0.25) is 0 Å². The second kappa shape index (κ2) is 9.69. The number of amides is 1. The van der Waals surface area contributed by atoms with E-state index in [0.717, 1.165) is 4.68 Å². The number of nitrogens with one attached hydrogen (secondary N) is 1. The fourth-order valence-corrected chi connectivity index (χ4v) is 2.48. The highest BCUT2D eigenvalue weighted by molar-refractivity contribution is 5.89. The lowest BCUT2D eigenvalue weighted by atomic mass is 10.1. The molecule has 10 heteroatoms. The van der Waals surface area contributed by atoms with Crippen LogP contribution in [0, 0.1) is 5.82 Å². The molecule has 0 unspecified atom stereocenters. The number of halogens is 1. The Morgan fingerprint density at radius 1 is 1.24 bits per heavy atom. The lowest BCUT2D eigenvalue weighted by molar-refractivity contribution is 0.0901. The average Bonchev–Trinajstić information content (AvgIpc) is 3.19. The second-order valence-electron chi connectivity index (χ2n) is 6.04. The van der Waals surface area contributed by atoms with Crippen molar-refractivity contribution >= 4 is 5.91 Å². The van der Waals surface area contributed by atoms with Gasteiger partial charge in [-0.05, 0) is 43.7 Å². The van der Waals surface area contributed by atoms with Gasteiger partial charge in [-0.25, -0.2) is 9.07 Å². The van der Waals surface area contributed by atoms with Gasteiger partial charge in [-0.1, -0.05) is 5.16 Å². The molecule has 0 aliphatic rings. The van der Waals surface area contributed by atoms with Gasteiger partial charge in [0.15, 0.2) is 5.82 Å². The van der Waals surface area contributed by atoms with Crippen LogP contribution in [-0.2, 0) is 11.3 Å². The smallest absolute Gasteiger partial charge is 0.316 e. The third-order valence-corrected chi connectivity index (χ3v) is 3.92. The SMILES string of the molecule is CCOCCCNC(=O)c1nc(Cn2nc(-c3ccc(F)cc3)ccc2=O)no1. The Morgan fingerprint density at radius 3 is 2.79 bits per heavy atom. The molecule has 0 aliphatic heterocycles. The van der Waals surface area contributed by atoms with E-state index in [4.69, 9.17) is 9.26 Å². The summed E-state index contributed by atoms with van der Waals surface area (Å²) in [6.45, 7) is 3.40. The molecule has 2 aromatic heterocycles. The summed E-state index contributed by atoms with van der Waals surface area (Å²) in [5.74, 6) is -0.923. The average molecular weight is 401 g/mol. The lowest BCUT2D eigenvalue weighted by Crippen LogP contribution is -2.26. The van der Waals surface area contributed by atoms with Crippen molar-refractivity contribution < 1.29 is 18.4 Å². The van der Waals surface area contributed by atoms with E-state index < -0.39 is 5.91 Å². The lowest BCUT2D eigenvalue weighted by Gasteiger charge is -2.05. The number of hydrogen-bond donors (Lipinski definition) is 1. The zero-order chi connectivity index (χ0) is 20.6. The second-order valence-corrected chi connectivity index (χ2v) is 6.04. The highest BCUT2D eigenvalue weighted by Gasteiger charge is 2.15. The third-order valence-electron chi connectivity index (χ3n) is 3.92. The number of aromatic nitrogens is 4. The standard InChI is InChI=1S/C19H20FN5O4/c1-2-28-11-3-10-21-18(27)19-22-16(24-29-19)12-25-17(26)9-8-15(23-25)13-4-6-14(20)7-5-13/h4-9H,2-3,10-12H2,1H3,(H,21,27). The van der Waals surface area contributed by atoms with Gasteiger partial charge in [0, 0.05) is 31.4 Å². The number of carbonyl (C=O) groups is 1. The maximum atomic E-state index is 13.1. The molecule has 0 spiro atoms. The van der Waals surface area contributed by atoms with Gasteiger partial charge in [0.1, 0.15) is 12.4 Å². The summed E-state index contributed by atoms with van der Waals surface area (Å²) < 4.78 is 24.4. The molecule has 0 fully saturated rings. The molecule has 9 nitrogen and oxygen atoms in total. The molecule has 0 saturated carbocycles. The normalized spacial score (nSPS) is 10.8. The van der Waals surface area contributed by atoms with Crippen LogP contribution in [0.3, 0.4) is 0 Å². The van der Waals surface area contributed by atoms with E-state index in [9.17, 15) is 14.0 Å².